The zero-order chi connectivity index (χ0) is 13.1. The minimum Gasteiger partial charge on any atom is -0.289 e. The summed E-state index contributed by atoms with van der Waals surface area (Å²) in [6.07, 6.45) is 1.50. The van der Waals surface area contributed by atoms with Gasteiger partial charge in [0.1, 0.15) is 5.15 Å². The van der Waals surface area contributed by atoms with Crippen molar-refractivity contribution in [3.63, 3.8) is 0 Å². The number of halogens is 1. The molecule has 2 rings (SSSR count). The van der Waals surface area contributed by atoms with E-state index in [0.717, 1.165) is 0 Å². The summed E-state index contributed by atoms with van der Waals surface area (Å²) < 4.78 is 0. The van der Waals surface area contributed by atoms with Gasteiger partial charge in [-0.2, -0.15) is 0 Å². The number of rotatable bonds is 3. The van der Waals surface area contributed by atoms with Crippen LogP contribution in [0.25, 0.3) is 0 Å². The molecule has 0 unspecified atom stereocenters. The molecule has 18 heavy (non-hydrogen) atoms. The molecule has 0 saturated heterocycles. The Morgan fingerprint density at radius 1 is 1.06 bits per heavy atom. The van der Waals surface area contributed by atoms with Crippen LogP contribution in [-0.4, -0.2) is 10.8 Å². The Hall–Kier alpha value is -1.67. The lowest BCUT2D eigenvalue weighted by molar-refractivity contribution is 0.103. The summed E-state index contributed by atoms with van der Waals surface area (Å²) in [5.41, 5.74) is 2.45. The molecular formula is C15H14ClNO. The van der Waals surface area contributed by atoms with Gasteiger partial charge in [0.15, 0.2) is 5.78 Å². The first-order valence-electron chi connectivity index (χ1n) is 5.84. The smallest absolute Gasteiger partial charge is 0.194 e. The predicted octanol–water partition coefficient (Wildman–Crippen LogP) is 4.09. The van der Waals surface area contributed by atoms with Crippen LogP contribution < -0.4 is 0 Å². The fourth-order valence-corrected chi connectivity index (χ4v) is 1.81. The van der Waals surface area contributed by atoms with Gasteiger partial charge in [0.25, 0.3) is 0 Å². The standard InChI is InChI=1S/C15H14ClNO/c1-10(2)11-3-5-12(6-4-11)15(18)13-7-8-14(16)17-9-13/h3-10H,1-2H3. The molecule has 1 heterocycles. The van der Waals surface area contributed by atoms with Gasteiger partial charge in [-0.25, -0.2) is 4.98 Å². The molecule has 0 atom stereocenters. The molecule has 2 nitrogen and oxygen atoms in total. The van der Waals surface area contributed by atoms with Crippen molar-refractivity contribution in [2.24, 2.45) is 0 Å². The average molecular weight is 260 g/mol. The van der Waals surface area contributed by atoms with Crippen molar-refractivity contribution in [3.8, 4) is 0 Å². The van der Waals surface area contributed by atoms with Gasteiger partial charge in [-0.1, -0.05) is 49.7 Å². The van der Waals surface area contributed by atoms with Gasteiger partial charge in [0.05, 0.1) is 0 Å². The molecule has 0 radical (unpaired) electrons. The number of benzene rings is 1. The van der Waals surface area contributed by atoms with Crippen molar-refractivity contribution >= 4 is 17.4 Å². The number of carbonyl (C=O) groups is 1. The molecule has 1 aromatic heterocycles. The van der Waals surface area contributed by atoms with E-state index < -0.39 is 0 Å². The maximum Gasteiger partial charge on any atom is 0.194 e. The lowest BCUT2D eigenvalue weighted by Gasteiger charge is -2.06. The molecule has 3 heteroatoms. The number of pyridine rings is 1. The second kappa shape index (κ2) is 5.32. The summed E-state index contributed by atoms with van der Waals surface area (Å²) in [6, 6.07) is 11.0. The van der Waals surface area contributed by atoms with Crippen molar-refractivity contribution in [3.05, 3.63) is 64.4 Å². The Morgan fingerprint density at radius 2 is 1.67 bits per heavy atom. The summed E-state index contributed by atoms with van der Waals surface area (Å²) in [6.45, 7) is 4.25. The molecule has 0 bridgehead atoms. The quantitative estimate of drug-likeness (QED) is 0.614. The van der Waals surface area contributed by atoms with Crippen LogP contribution >= 0.6 is 11.6 Å². The molecule has 0 aliphatic carbocycles. The molecule has 0 spiro atoms. The van der Waals surface area contributed by atoms with Crippen LogP contribution in [-0.2, 0) is 0 Å². The molecule has 92 valence electrons. The van der Waals surface area contributed by atoms with Crippen molar-refractivity contribution in [2.75, 3.05) is 0 Å². The Bertz CT molecular complexity index is 544. The van der Waals surface area contributed by atoms with E-state index in [0.29, 0.717) is 22.2 Å². The Labute approximate surface area is 112 Å². The van der Waals surface area contributed by atoms with Crippen molar-refractivity contribution in [1.29, 1.82) is 0 Å². The average Bonchev–Trinajstić information content (AvgIpc) is 2.39. The molecule has 0 aliphatic heterocycles. The molecule has 0 saturated carbocycles. The molecule has 0 aliphatic rings. The largest absolute Gasteiger partial charge is 0.289 e. The van der Waals surface area contributed by atoms with Crippen LogP contribution in [0.5, 0.6) is 0 Å². The van der Waals surface area contributed by atoms with Gasteiger partial charge in [0.2, 0.25) is 0 Å². The number of hydrogen-bond donors (Lipinski definition) is 0. The third-order valence-corrected chi connectivity index (χ3v) is 3.05. The van der Waals surface area contributed by atoms with Crippen molar-refractivity contribution in [1.82, 2.24) is 4.98 Å². The van der Waals surface area contributed by atoms with Crippen molar-refractivity contribution in [2.45, 2.75) is 19.8 Å². The van der Waals surface area contributed by atoms with E-state index in [9.17, 15) is 4.79 Å². The summed E-state index contributed by atoms with van der Waals surface area (Å²) in [4.78, 5) is 16.1. The molecular weight excluding hydrogens is 246 g/mol. The number of nitrogens with zero attached hydrogens (tertiary/aromatic N) is 1. The summed E-state index contributed by atoms with van der Waals surface area (Å²) in [5.74, 6) is 0.431. The van der Waals surface area contributed by atoms with Gasteiger partial charge in [-0.3, -0.25) is 4.79 Å². The van der Waals surface area contributed by atoms with Gasteiger partial charge in [-0.05, 0) is 23.6 Å². The van der Waals surface area contributed by atoms with E-state index in [1.165, 1.54) is 11.8 Å². The highest BCUT2D eigenvalue weighted by Gasteiger charge is 2.09. The normalized spacial score (nSPS) is 10.7. The Kier molecular flexibility index (Phi) is 3.78. The summed E-state index contributed by atoms with van der Waals surface area (Å²) >= 11 is 5.70. The first-order valence-corrected chi connectivity index (χ1v) is 6.22. The van der Waals surface area contributed by atoms with E-state index in [1.807, 2.05) is 24.3 Å². The minimum atomic E-state index is -0.0329. The third kappa shape index (κ3) is 2.77. The summed E-state index contributed by atoms with van der Waals surface area (Å²) in [5, 5.41) is 0.390. The molecule has 2 aromatic rings. The van der Waals surface area contributed by atoms with Crippen LogP contribution in [0.4, 0.5) is 0 Å². The SMILES string of the molecule is CC(C)c1ccc(C(=O)c2ccc(Cl)nc2)cc1. The molecule has 0 amide bonds. The third-order valence-electron chi connectivity index (χ3n) is 2.83. The number of carbonyl (C=O) groups excluding carboxylic acids is 1. The fourth-order valence-electron chi connectivity index (χ4n) is 1.70. The number of aromatic nitrogens is 1. The maximum absolute atomic E-state index is 12.2. The molecule has 0 N–H and O–H groups in total. The Morgan fingerprint density at radius 3 is 2.17 bits per heavy atom. The van der Waals surface area contributed by atoms with Gasteiger partial charge in [-0.15, -0.1) is 0 Å². The van der Waals surface area contributed by atoms with Crippen LogP contribution in [0.3, 0.4) is 0 Å². The van der Waals surface area contributed by atoms with Gasteiger partial charge in [0, 0.05) is 17.3 Å². The number of ketones is 1. The predicted molar refractivity (Wildman–Crippen MR) is 73.2 cm³/mol. The van der Waals surface area contributed by atoms with Crippen LogP contribution in [0.1, 0.15) is 41.3 Å². The topological polar surface area (TPSA) is 30.0 Å². The molecule has 0 fully saturated rings. The van der Waals surface area contributed by atoms with E-state index >= 15 is 0 Å². The first-order chi connectivity index (χ1) is 8.58. The van der Waals surface area contributed by atoms with E-state index in [-0.39, 0.29) is 5.78 Å². The van der Waals surface area contributed by atoms with Crippen LogP contribution in [0.2, 0.25) is 5.15 Å². The fraction of sp³-hybridized carbons (Fsp3) is 0.200. The lowest BCUT2D eigenvalue weighted by Crippen LogP contribution is -2.02. The van der Waals surface area contributed by atoms with Crippen LogP contribution in [0.15, 0.2) is 42.6 Å². The van der Waals surface area contributed by atoms with Gasteiger partial charge >= 0.3 is 0 Å². The second-order valence-corrected chi connectivity index (χ2v) is 4.86. The van der Waals surface area contributed by atoms with E-state index in [2.05, 4.69) is 18.8 Å². The van der Waals surface area contributed by atoms with Gasteiger partial charge < -0.3 is 0 Å². The highest BCUT2D eigenvalue weighted by Crippen LogP contribution is 2.17. The minimum absolute atomic E-state index is 0.0329. The van der Waals surface area contributed by atoms with Crippen molar-refractivity contribution < 1.29 is 4.79 Å². The second-order valence-electron chi connectivity index (χ2n) is 4.48. The Balaban J connectivity index is 2.26. The maximum atomic E-state index is 12.2. The first kappa shape index (κ1) is 12.8. The lowest BCUT2D eigenvalue weighted by atomic mass is 9.99. The van der Waals surface area contributed by atoms with Crippen LogP contribution in [0, 0.1) is 0 Å². The zero-order valence-corrected chi connectivity index (χ0v) is 11.1. The number of hydrogen-bond acceptors (Lipinski definition) is 2. The molecule has 1 aromatic carbocycles. The summed E-state index contributed by atoms with van der Waals surface area (Å²) in [7, 11) is 0. The highest BCUT2D eigenvalue weighted by molar-refractivity contribution is 6.29. The zero-order valence-electron chi connectivity index (χ0n) is 10.4. The highest BCUT2D eigenvalue weighted by atomic mass is 35.5. The van der Waals surface area contributed by atoms with E-state index in [4.69, 9.17) is 11.6 Å². The van der Waals surface area contributed by atoms with E-state index in [1.54, 1.807) is 12.1 Å². The monoisotopic (exact) mass is 259 g/mol.